The van der Waals surface area contributed by atoms with Crippen LogP contribution in [-0.2, 0) is 26.0 Å². The standard InChI is InChI=1S/C17H24N2O5S/c1-13-4-3-5-14(10-13)11-16(20)19(12-17(21)22)15-6-8-18(9-7-15)25(2,23)24/h3-5,10,15H,6-9,11-12H2,1-2H3,(H,21,22). The Morgan fingerprint density at radius 1 is 1.28 bits per heavy atom. The number of sulfonamides is 1. The summed E-state index contributed by atoms with van der Waals surface area (Å²) in [5.74, 6) is -1.31. The highest BCUT2D eigenvalue weighted by atomic mass is 32.2. The number of hydrogen-bond donors (Lipinski definition) is 1. The van der Waals surface area contributed by atoms with Gasteiger partial charge in [0, 0.05) is 19.1 Å². The number of aryl methyl sites for hydroxylation is 1. The molecule has 1 aromatic carbocycles. The summed E-state index contributed by atoms with van der Waals surface area (Å²) in [6.07, 6.45) is 2.19. The van der Waals surface area contributed by atoms with Gasteiger partial charge in [-0.3, -0.25) is 9.59 Å². The summed E-state index contributed by atoms with van der Waals surface area (Å²) in [6.45, 7) is 2.17. The largest absolute Gasteiger partial charge is 0.480 e. The van der Waals surface area contributed by atoms with Crippen LogP contribution in [0.5, 0.6) is 0 Å². The van der Waals surface area contributed by atoms with Gasteiger partial charge in [0.2, 0.25) is 15.9 Å². The van der Waals surface area contributed by atoms with Crippen molar-refractivity contribution in [3.63, 3.8) is 0 Å². The summed E-state index contributed by atoms with van der Waals surface area (Å²) in [4.78, 5) is 25.2. The molecule has 1 aliphatic heterocycles. The topological polar surface area (TPSA) is 95.0 Å². The monoisotopic (exact) mass is 368 g/mol. The maximum atomic E-state index is 12.7. The first-order valence-electron chi connectivity index (χ1n) is 8.19. The third-order valence-electron chi connectivity index (χ3n) is 4.40. The molecule has 0 spiro atoms. The maximum Gasteiger partial charge on any atom is 0.323 e. The van der Waals surface area contributed by atoms with E-state index in [1.54, 1.807) is 0 Å². The lowest BCUT2D eigenvalue weighted by atomic mass is 10.0. The van der Waals surface area contributed by atoms with Crippen LogP contribution in [0.4, 0.5) is 0 Å². The lowest BCUT2D eigenvalue weighted by Gasteiger charge is -2.37. The minimum atomic E-state index is -3.26. The molecule has 1 aromatic rings. The average Bonchev–Trinajstić information content (AvgIpc) is 2.51. The van der Waals surface area contributed by atoms with Gasteiger partial charge in [0.25, 0.3) is 0 Å². The Labute approximate surface area is 148 Å². The Hall–Kier alpha value is -1.93. The fourth-order valence-corrected chi connectivity index (χ4v) is 4.02. The average molecular weight is 368 g/mol. The molecule has 2 rings (SSSR count). The van der Waals surface area contributed by atoms with E-state index < -0.39 is 16.0 Å². The van der Waals surface area contributed by atoms with E-state index in [9.17, 15) is 18.0 Å². The van der Waals surface area contributed by atoms with Gasteiger partial charge in [-0.2, -0.15) is 0 Å². The van der Waals surface area contributed by atoms with Crippen LogP contribution >= 0.6 is 0 Å². The molecule has 1 amide bonds. The Morgan fingerprint density at radius 3 is 2.44 bits per heavy atom. The van der Waals surface area contributed by atoms with E-state index in [0.717, 1.165) is 17.4 Å². The van der Waals surface area contributed by atoms with Gasteiger partial charge in [-0.1, -0.05) is 29.8 Å². The Balaban J connectivity index is 2.08. The second kappa shape index (κ2) is 7.97. The van der Waals surface area contributed by atoms with E-state index in [-0.39, 0.29) is 24.9 Å². The van der Waals surface area contributed by atoms with E-state index in [1.165, 1.54) is 9.21 Å². The smallest absolute Gasteiger partial charge is 0.323 e. The normalized spacial score (nSPS) is 16.6. The molecule has 0 bridgehead atoms. The number of carboxylic acids is 1. The highest BCUT2D eigenvalue weighted by Gasteiger charge is 2.31. The molecule has 0 aromatic heterocycles. The van der Waals surface area contributed by atoms with Gasteiger partial charge in [-0.05, 0) is 25.3 Å². The highest BCUT2D eigenvalue weighted by molar-refractivity contribution is 7.88. The van der Waals surface area contributed by atoms with E-state index in [2.05, 4.69) is 0 Å². The Morgan fingerprint density at radius 2 is 1.92 bits per heavy atom. The minimum Gasteiger partial charge on any atom is -0.480 e. The fraction of sp³-hybridized carbons (Fsp3) is 0.529. The van der Waals surface area contributed by atoms with Gasteiger partial charge in [0.15, 0.2) is 0 Å². The molecule has 1 heterocycles. The summed E-state index contributed by atoms with van der Waals surface area (Å²) in [5.41, 5.74) is 1.88. The van der Waals surface area contributed by atoms with E-state index in [4.69, 9.17) is 5.11 Å². The molecule has 1 aliphatic rings. The second-order valence-electron chi connectivity index (χ2n) is 6.47. The number of aliphatic carboxylic acids is 1. The zero-order chi connectivity index (χ0) is 18.6. The number of carbonyl (C=O) groups is 2. The van der Waals surface area contributed by atoms with Crippen molar-refractivity contribution >= 4 is 21.9 Å². The van der Waals surface area contributed by atoms with Crippen molar-refractivity contribution in [1.82, 2.24) is 9.21 Å². The molecule has 0 radical (unpaired) electrons. The first-order valence-corrected chi connectivity index (χ1v) is 10.0. The van der Waals surface area contributed by atoms with Crippen molar-refractivity contribution in [2.45, 2.75) is 32.2 Å². The first kappa shape index (κ1) is 19.4. The molecule has 0 atom stereocenters. The van der Waals surface area contributed by atoms with E-state index in [1.807, 2.05) is 31.2 Å². The van der Waals surface area contributed by atoms with Crippen molar-refractivity contribution in [2.75, 3.05) is 25.9 Å². The summed E-state index contributed by atoms with van der Waals surface area (Å²) in [6, 6.07) is 7.29. The van der Waals surface area contributed by atoms with Crippen LogP contribution in [0.3, 0.4) is 0 Å². The number of amides is 1. The number of benzene rings is 1. The molecule has 8 heteroatoms. The van der Waals surface area contributed by atoms with Gasteiger partial charge >= 0.3 is 5.97 Å². The number of hydrogen-bond acceptors (Lipinski definition) is 4. The van der Waals surface area contributed by atoms with Gasteiger partial charge in [-0.25, -0.2) is 12.7 Å². The van der Waals surface area contributed by atoms with Crippen LogP contribution in [0.15, 0.2) is 24.3 Å². The third-order valence-corrected chi connectivity index (χ3v) is 5.70. The van der Waals surface area contributed by atoms with Gasteiger partial charge in [-0.15, -0.1) is 0 Å². The van der Waals surface area contributed by atoms with E-state index >= 15 is 0 Å². The molecule has 1 N–H and O–H groups in total. The van der Waals surface area contributed by atoms with Crippen LogP contribution in [0.25, 0.3) is 0 Å². The summed E-state index contributed by atoms with van der Waals surface area (Å²) in [7, 11) is -3.26. The Bertz CT molecular complexity index is 739. The number of rotatable bonds is 6. The molecule has 25 heavy (non-hydrogen) atoms. The van der Waals surface area contributed by atoms with Gasteiger partial charge in [0.05, 0.1) is 12.7 Å². The SMILES string of the molecule is Cc1cccc(CC(=O)N(CC(=O)O)C2CCN(S(C)(=O)=O)CC2)c1. The van der Waals surface area contributed by atoms with Crippen LogP contribution in [0.1, 0.15) is 24.0 Å². The predicted octanol–water partition coefficient (Wildman–Crippen LogP) is 0.875. The second-order valence-corrected chi connectivity index (χ2v) is 8.46. The maximum absolute atomic E-state index is 12.7. The van der Waals surface area contributed by atoms with Crippen LogP contribution < -0.4 is 0 Å². The summed E-state index contributed by atoms with van der Waals surface area (Å²) < 4.78 is 24.6. The fourth-order valence-electron chi connectivity index (χ4n) is 3.15. The molecule has 0 aliphatic carbocycles. The van der Waals surface area contributed by atoms with Crippen molar-refractivity contribution < 1.29 is 23.1 Å². The first-order chi connectivity index (χ1) is 11.7. The Kier molecular flexibility index (Phi) is 6.18. The lowest BCUT2D eigenvalue weighted by Crippen LogP contribution is -2.50. The van der Waals surface area contributed by atoms with Crippen LogP contribution in [0, 0.1) is 6.92 Å². The molecule has 0 unspecified atom stereocenters. The molecule has 1 fully saturated rings. The van der Waals surface area contributed by atoms with Gasteiger partial charge in [0.1, 0.15) is 6.54 Å². The summed E-state index contributed by atoms with van der Waals surface area (Å²) >= 11 is 0. The number of carbonyl (C=O) groups excluding carboxylic acids is 1. The minimum absolute atomic E-state index is 0.140. The zero-order valence-corrected chi connectivity index (χ0v) is 15.3. The molecular weight excluding hydrogens is 344 g/mol. The molecule has 0 saturated carbocycles. The molecule has 1 saturated heterocycles. The van der Waals surface area contributed by atoms with Crippen molar-refractivity contribution in [1.29, 1.82) is 0 Å². The number of piperidine rings is 1. The van der Waals surface area contributed by atoms with Crippen molar-refractivity contribution in [2.24, 2.45) is 0 Å². The lowest BCUT2D eigenvalue weighted by molar-refractivity contribution is -0.146. The van der Waals surface area contributed by atoms with Crippen molar-refractivity contribution in [3.8, 4) is 0 Å². The van der Waals surface area contributed by atoms with Crippen LogP contribution in [-0.4, -0.2) is 66.5 Å². The number of carboxylic acid groups (broad SMARTS) is 1. The third kappa shape index (κ3) is 5.54. The molecule has 7 nitrogen and oxygen atoms in total. The summed E-state index contributed by atoms with van der Waals surface area (Å²) in [5, 5.41) is 9.15. The van der Waals surface area contributed by atoms with Gasteiger partial charge < -0.3 is 10.0 Å². The highest BCUT2D eigenvalue weighted by Crippen LogP contribution is 2.20. The molecular formula is C17H24N2O5S. The van der Waals surface area contributed by atoms with Crippen LogP contribution in [0.2, 0.25) is 0 Å². The van der Waals surface area contributed by atoms with E-state index in [0.29, 0.717) is 25.9 Å². The predicted molar refractivity (Wildman–Crippen MR) is 93.7 cm³/mol. The zero-order valence-electron chi connectivity index (χ0n) is 14.5. The quantitative estimate of drug-likeness (QED) is 0.804. The number of nitrogens with zero attached hydrogens (tertiary/aromatic N) is 2. The molecule has 138 valence electrons. The van der Waals surface area contributed by atoms with Crippen molar-refractivity contribution in [3.05, 3.63) is 35.4 Å².